The molecule has 0 spiro atoms. The van der Waals surface area contributed by atoms with Crippen molar-refractivity contribution in [1.82, 2.24) is 10.2 Å². The first-order valence-electron chi connectivity index (χ1n) is 5.32. The number of nitrogens with two attached hydrogens (primary N) is 1. The van der Waals surface area contributed by atoms with E-state index in [4.69, 9.17) is 5.73 Å². The van der Waals surface area contributed by atoms with Gasteiger partial charge in [-0.15, -0.1) is 0 Å². The summed E-state index contributed by atoms with van der Waals surface area (Å²) in [4.78, 5) is 35.6. The molecule has 6 heteroatoms. The lowest BCUT2D eigenvalue weighted by Gasteiger charge is -2.33. The third-order valence-corrected chi connectivity index (χ3v) is 3.12. The van der Waals surface area contributed by atoms with Crippen molar-refractivity contribution < 1.29 is 14.4 Å². The van der Waals surface area contributed by atoms with Crippen LogP contribution in [0.15, 0.2) is 0 Å². The van der Waals surface area contributed by atoms with Gasteiger partial charge in [0.25, 0.3) is 0 Å². The smallest absolute Gasteiger partial charge is 0.246 e. The van der Waals surface area contributed by atoms with Crippen LogP contribution in [0.4, 0.5) is 0 Å². The first-order valence-corrected chi connectivity index (χ1v) is 5.32. The Labute approximate surface area is 93.1 Å². The zero-order chi connectivity index (χ0) is 11.9. The van der Waals surface area contributed by atoms with Crippen molar-refractivity contribution in [3.05, 3.63) is 0 Å². The Morgan fingerprint density at radius 3 is 2.31 bits per heavy atom. The monoisotopic (exact) mass is 225 g/mol. The minimum absolute atomic E-state index is 0.0793. The summed E-state index contributed by atoms with van der Waals surface area (Å²) in [5.41, 5.74) is 5.01. The van der Waals surface area contributed by atoms with E-state index >= 15 is 0 Å². The fourth-order valence-corrected chi connectivity index (χ4v) is 1.98. The van der Waals surface area contributed by atoms with Gasteiger partial charge in [0.15, 0.2) is 0 Å². The standard InChI is InChI=1S/C10H15N3O3/c1-10(11,6-2-3-6)9(16)13-4-7(14)12-8(15)5-13/h6H,2-5,11H2,1H3,(H,12,14,15). The van der Waals surface area contributed by atoms with Gasteiger partial charge in [-0.2, -0.15) is 0 Å². The fraction of sp³-hybridized carbons (Fsp3) is 0.700. The fourth-order valence-electron chi connectivity index (χ4n) is 1.98. The predicted molar refractivity (Wildman–Crippen MR) is 55.0 cm³/mol. The molecule has 1 saturated carbocycles. The van der Waals surface area contributed by atoms with Crippen LogP contribution in [0.2, 0.25) is 0 Å². The molecule has 6 nitrogen and oxygen atoms in total. The van der Waals surface area contributed by atoms with E-state index in [0.29, 0.717) is 0 Å². The number of rotatable bonds is 2. The molecule has 1 aliphatic carbocycles. The Kier molecular flexibility index (Phi) is 2.46. The van der Waals surface area contributed by atoms with Crippen LogP contribution >= 0.6 is 0 Å². The average Bonchev–Trinajstić information content (AvgIpc) is 2.97. The van der Waals surface area contributed by atoms with E-state index in [1.54, 1.807) is 6.92 Å². The van der Waals surface area contributed by atoms with Gasteiger partial charge < -0.3 is 10.6 Å². The van der Waals surface area contributed by atoms with Crippen molar-refractivity contribution in [2.75, 3.05) is 13.1 Å². The molecule has 2 fully saturated rings. The minimum atomic E-state index is -0.947. The minimum Gasteiger partial charge on any atom is -0.322 e. The normalized spacial score (nSPS) is 25.0. The number of hydrogen-bond acceptors (Lipinski definition) is 4. The van der Waals surface area contributed by atoms with Crippen molar-refractivity contribution in [3.8, 4) is 0 Å². The highest BCUT2D eigenvalue weighted by molar-refractivity contribution is 6.03. The molecule has 0 bridgehead atoms. The molecule has 88 valence electrons. The van der Waals surface area contributed by atoms with Crippen molar-refractivity contribution in [2.24, 2.45) is 11.7 Å². The van der Waals surface area contributed by atoms with Crippen LogP contribution < -0.4 is 11.1 Å². The molecular weight excluding hydrogens is 210 g/mol. The Morgan fingerprint density at radius 1 is 1.38 bits per heavy atom. The number of carbonyl (C=O) groups is 3. The molecule has 1 aliphatic heterocycles. The summed E-state index contributed by atoms with van der Waals surface area (Å²) in [5, 5.41) is 2.15. The van der Waals surface area contributed by atoms with Crippen molar-refractivity contribution in [1.29, 1.82) is 0 Å². The van der Waals surface area contributed by atoms with E-state index in [-0.39, 0.29) is 24.9 Å². The third-order valence-electron chi connectivity index (χ3n) is 3.12. The first-order chi connectivity index (χ1) is 7.41. The van der Waals surface area contributed by atoms with Gasteiger partial charge in [0.1, 0.15) is 13.1 Å². The number of amides is 3. The second-order valence-electron chi connectivity index (χ2n) is 4.69. The zero-order valence-corrected chi connectivity index (χ0v) is 9.16. The highest BCUT2D eigenvalue weighted by Crippen LogP contribution is 2.38. The molecule has 1 saturated heterocycles. The SMILES string of the molecule is CC(N)(C(=O)N1CC(=O)NC(=O)C1)C1CC1. The lowest BCUT2D eigenvalue weighted by Crippen LogP contribution is -2.61. The molecule has 0 aromatic heterocycles. The Hall–Kier alpha value is -1.43. The molecule has 2 aliphatic rings. The van der Waals surface area contributed by atoms with Crippen LogP contribution in [0.1, 0.15) is 19.8 Å². The maximum atomic E-state index is 12.1. The van der Waals surface area contributed by atoms with Gasteiger partial charge >= 0.3 is 0 Å². The third kappa shape index (κ3) is 1.92. The Bertz CT molecular complexity index is 344. The molecule has 0 radical (unpaired) electrons. The van der Waals surface area contributed by atoms with Crippen molar-refractivity contribution in [2.45, 2.75) is 25.3 Å². The summed E-state index contributed by atoms with van der Waals surface area (Å²) in [6, 6.07) is 0. The molecule has 1 unspecified atom stereocenters. The number of hydrogen-bond donors (Lipinski definition) is 2. The summed E-state index contributed by atoms with van der Waals surface area (Å²) in [6.07, 6.45) is 1.87. The molecule has 16 heavy (non-hydrogen) atoms. The van der Waals surface area contributed by atoms with Crippen molar-refractivity contribution >= 4 is 17.7 Å². The zero-order valence-electron chi connectivity index (χ0n) is 9.16. The Balaban J connectivity index is 2.09. The predicted octanol–water partition coefficient (Wildman–Crippen LogP) is -1.40. The molecule has 1 atom stereocenters. The van der Waals surface area contributed by atoms with E-state index in [0.717, 1.165) is 12.8 Å². The molecule has 2 rings (SSSR count). The number of nitrogens with one attached hydrogen (secondary N) is 1. The van der Waals surface area contributed by atoms with Crippen LogP contribution in [0.3, 0.4) is 0 Å². The quantitative estimate of drug-likeness (QED) is 0.565. The topological polar surface area (TPSA) is 92.5 Å². The van der Waals surface area contributed by atoms with Gasteiger partial charge in [0.2, 0.25) is 17.7 Å². The molecular formula is C10H15N3O3. The summed E-state index contributed by atoms with van der Waals surface area (Å²) in [7, 11) is 0. The molecule has 1 heterocycles. The van der Waals surface area contributed by atoms with Crippen LogP contribution in [0.5, 0.6) is 0 Å². The van der Waals surface area contributed by atoms with Gasteiger partial charge in [0, 0.05) is 0 Å². The number of carbonyl (C=O) groups excluding carboxylic acids is 3. The van der Waals surface area contributed by atoms with Gasteiger partial charge in [0.05, 0.1) is 5.54 Å². The van der Waals surface area contributed by atoms with E-state index in [1.807, 2.05) is 0 Å². The van der Waals surface area contributed by atoms with Gasteiger partial charge in [-0.05, 0) is 25.7 Å². The first kappa shape index (κ1) is 11.1. The van der Waals surface area contributed by atoms with E-state index in [9.17, 15) is 14.4 Å². The summed E-state index contributed by atoms with van der Waals surface area (Å²) < 4.78 is 0. The largest absolute Gasteiger partial charge is 0.322 e. The van der Waals surface area contributed by atoms with E-state index < -0.39 is 17.4 Å². The Morgan fingerprint density at radius 2 is 1.88 bits per heavy atom. The number of imide groups is 1. The van der Waals surface area contributed by atoms with E-state index in [2.05, 4.69) is 5.32 Å². The highest BCUT2D eigenvalue weighted by atomic mass is 16.2. The second-order valence-corrected chi connectivity index (χ2v) is 4.69. The van der Waals surface area contributed by atoms with Gasteiger partial charge in [-0.25, -0.2) is 0 Å². The maximum Gasteiger partial charge on any atom is 0.246 e. The van der Waals surface area contributed by atoms with Gasteiger partial charge in [-0.3, -0.25) is 19.7 Å². The highest BCUT2D eigenvalue weighted by Gasteiger charge is 2.47. The van der Waals surface area contributed by atoms with Gasteiger partial charge in [-0.1, -0.05) is 0 Å². The number of nitrogens with zero attached hydrogens (tertiary/aromatic N) is 1. The lowest BCUT2D eigenvalue weighted by molar-refractivity contribution is -0.148. The molecule has 3 N–H and O–H groups in total. The second kappa shape index (κ2) is 3.55. The molecule has 0 aromatic rings. The van der Waals surface area contributed by atoms with Crippen LogP contribution in [0.25, 0.3) is 0 Å². The molecule has 0 aromatic carbocycles. The summed E-state index contributed by atoms with van der Waals surface area (Å²) in [5.74, 6) is -1.02. The van der Waals surface area contributed by atoms with E-state index in [1.165, 1.54) is 4.90 Å². The number of piperazine rings is 1. The summed E-state index contributed by atoms with van der Waals surface area (Å²) >= 11 is 0. The summed E-state index contributed by atoms with van der Waals surface area (Å²) in [6.45, 7) is 1.51. The van der Waals surface area contributed by atoms with Crippen LogP contribution in [0, 0.1) is 5.92 Å². The molecule has 3 amide bonds. The average molecular weight is 225 g/mol. The lowest BCUT2D eigenvalue weighted by atomic mass is 9.95. The van der Waals surface area contributed by atoms with Crippen LogP contribution in [-0.2, 0) is 14.4 Å². The van der Waals surface area contributed by atoms with Crippen molar-refractivity contribution in [3.63, 3.8) is 0 Å². The maximum absolute atomic E-state index is 12.1. The van der Waals surface area contributed by atoms with Crippen LogP contribution in [-0.4, -0.2) is 41.2 Å².